The van der Waals surface area contributed by atoms with E-state index in [1.165, 1.54) is 30.8 Å². The van der Waals surface area contributed by atoms with Crippen molar-refractivity contribution in [3.8, 4) is 11.5 Å². The van der Waals surface area contributed by atoms with E-state index in [0.717, 1.165) is 11.3 Å². The highest BCUT2D eigenvalue weighted by Crippen LogP contribution is 2.18. The number of ether oxygens (including phenoxy) is 2. The number of benzene rings is 2. The molecule has 0 saturated heterocycles. The van der Waals surface area contributed by atoms with Gasteiger partial charge in [-0.25, -0.2) is 18.1 Å². The van der Waals surface area contributed by atoms with Gasteiger partial charge in [-0.1, -0.05) is 12.1 Å². The number of sulfonamides is 1. The van der Waals surface area contributed by atoms with Crippen molar-refractivity contribution in [2.75, 3.05) is 26.1 Å². The van der Waals surface area contributed by atoms with Gasteiger partial charge in [0, 0.05) is 30.5 Å². The number of aromatic nitrogens is 2. The Bertz CT molecular complexity index is 1050. The standard InChI is InChI=1S/C20H24N4O4S2/c1-14(13-21-30(25,26)18-10-8-17(28-3)9-11-18)22-20-23-19(24-29-20)12-15-4-6-16(27-2)7-5-15/h4-11,14,21H,12-13H2,1-3H3,(H,22,23,24). The summed E-state index contributed by atoms with van der Waals surface area (Å²) in [6.07, 6.45) is 0.612. The number of nitrogens with one attached hydrogen (secondary N) is 2. The van der Waals surface area contributed by atoms with Crippen LogP contribution in [0.4, 0.5) is 5.13 Å². The van der Waals surface area contributed by atoms with Crippen LogP contribution in [0.1, 0.15) is 18.3 Å². The molecule has 3 aromatic rings. The lowest BCUT2D eigenvalue weighted by Crippen LogP contribution is -2.34. The van der Waals surface area contributed by atoms with E-state index in [9.17, 15) is 8.42 Å². The third-order valence-corrected chi connectivity index (χ3v) is 6.43. The first-order chi connectivity index (χ1) is 14.4. The summed E-state index contributed by atoms with van der Waals surface area (Å²) in [5, 5.41) is 3.83. The lowest BCUT2D eigenvalue weighted by Gasteiger charge is -2.14. The summed E-state index contributed by atoms with van der Waals surface area (Å²) in [6.45, 7) is 2.09. The van der Waals surface area contributed by atoms with E-state index in [2.05, 4.69) is 19.4 Å². The molecule has 0 fully saturated rings. The van der Waals surface area contributed by atoms with Gasteiger partial charge in [0.1, 0.15) is 17.3 Å². The fourth-order valence-electron chi connectivity index (χ4n) is 2.65. The summed E-state index contributed by atoms with van der Waals surface area (Å²) in [7, 11) is -0.437. The number of hydrogen-bond donors (Lipinski definition) is 2. The van der Waals surface area contributed by atoms with Crippen LogP contribution in [0, 0.1) is 0 Å². The Hall–Kier alpha value is -2.69. The Labute approximate surface area is 180 Å². The Morgan fingerprint density at radius 2 is 1.60 bits per heavy atom. The zero-order chi connectivity index (χ0) is 21.6. The normalized spacial score (nSPS) is 12.4. The first-order valence-electron chi connectivity index (χ1n) is 9.25. The Morgan fingerprint density at radius 1 is 1.00 bits per heavy atom. The molecular formula is C20H24N4O4S2. The van der Waals surface area contributed by atoms with Crippen LogP contribution in [-0.2, 0) is 16.4 Å². The first kappa shape index (κ1) is 22.0. The van der Waals surface area contributed by atoms with Gasteiger partial charge in [-0.05, 0) is 48.9 Å². The molecule has 3 rings (SSSR count). The lowest BCUT2D eigenvalue weighted by atomic mass is 10.1. The monoisotopic (exact) mass is 448 g/mol. The minimum absolute atomic E-state index is 0.167. The maximum atomic E-state index is 12.4. The van der Waals surface area contributed by atoms with Gasteiger partial charge in [-0.3, -0.25) is 0 Å². The van der Waals surface area contributed by atoms with E-state index < -0.39 is 10.0 Å². The summed E-state index contributed by atoms with van der Waals surface area (Å²) >= 11 is 1.25. The van der Waals surface area contributed by atoms with E-state index in [4.69, 9.17) is 9.47 Å². The molecule has 0 aliphatic heterocycles. The second-order valence-corrected chi connectivity index (χ2v) is 9.13. The van der Waals surface area contributed by atoms with Crippen molar-refractivity contribution in [1.82, 2.24) is 14.1 Å². The van der Waals surface area contributed by atoms with Crippen LogP contribution in [0.15, 0.2) is 53.4 Å². The van der Waals surface area contributed by atoms with Gasteiger partial charge in [0.15, 0.2) is 0 Å². The van der Waals surface area contributed by atoms with Gasteiger partial charge in [-0.15, -0.1) is 0 Å². The molecule has 1 atom stereocenters. The Kier molecular flexibility index (Phi) is 7.24. The predicted molar refractivity (Wildman–Crippen MR) is 117 cm³/mol. The van der Waals surface area contributed by atoms with Crippen molar-refractivity contribution in [2.45, 2.75) is 24.3 Å². The van der Waals surface area contributed by atoms with Crippen LogP contribution in [-0.4, -0.2) is 44.6 Å². The molecular weight excluding hydrogens is 424 g/mol. The highest BCUT2D eigenvalue weighted by molar-refractivity contribution is 7.89. The maximum absolute atomic E-state index is 12.4. The van der Waals surface area contributed by atoms with E-state index in [0.29, 0.717) is 23.1 Å². The number of anilines is 1. The van der Waals surface area contributed by atoms with Crippen molar-refractivity contribution in [1.29, 1.82) is 0 Å². The maximum Gasteiger partial charge on any atom is 0.240 e. The first-order valence-corrected chi connectivity index (χ1v) is 11.5. The average Bonchev–Trinajstić information content (AvgIpc) is 3.19. The minimum atomic E-state index is -3.60. The summed E-state index contributed by atoms with van der Waals surface area (Å²) in [6, 6.07) is 13.8. The molecule has 0 aliphatic carbocycles. The molecule has 1 heterocycles. The molecule has 0 saturated carbocycles. The summed E-state index contributed by atoms with van der Waals surface area (Å²) in [4.78, 5) is 4.67. The Morgan fingerprint density at radius 3 is 2.20 bits per heavy atom. The van der Waals surface area contributed by atoms with Gasteiger partial charge in [0.05, 0.1) is 19.1 Å². The van der Waals surface area contributed by atoms with Crippen LogP contribution in [0.2, 0.25) is 0 Å². The van der Waals surface area contributed by atoms with E-state index in [1.54, 1.807) is 19.2 Å². The van der Waals surface area contributed by atoms with Crippen LogP contribution < -0.4 is 19.5 Å². The largest absolute Gasteiger partial charge is 0.497 e. The molecule has 160 valence electrons. The minimum Gasteiger partial charge on any atom is -0.497 e. The van der Waals surface area contributed by atoms with Gasteiger partial charge < -0.3 is 14.8 Å². The summed E-state index contributed by atoms with van der Waals surface area (Å²) in [5.74, 6) is 2.11. The lowest BCUT2D eigenvalue weighted by molar-refractivity contribution is 0.414. The van der Waals surface area contributed by atoms with Crippen molar-refractivity contribution in [3.63, 3.8) is 0 Å². The molecule has 8 nitrogen and oxygen atoms in total. The molecule has 1 aromatic heterocycles. The van der Waals surface area contributed by atoms with Gasteiger partial charge >= 0.3 is 0 Å². The number of methoxy groups -OCH3 is 2. The molecule has 30 heavy (non-hydrogen) atoms. The zero-order valence-corrected chi connectivity index (χ0v) is 18.6. The molecule has 1 unspecified atom stereocenters. The van der Waals surface area contributed by atoms with Crippen molar-refractivity contribution in [3.05, 3.63) is 59.9 Å². The number of hydrogen-bond acceptors (Lipinski definition) is 8. The van der Waals surface area contributed by atoms with E-state index in [-0.39, 0.29) is 17.5 Å². The predicted octanol–water partition coefficient (Wildman–Crippen LogP) is 2.93. The van der Waals surface area contributed by atoms with E-state index >= 15 is 0 Å². The molecule has 0 aliphatic rings. The third kappa shape index (κ3) is 5.91. The van der Waals surface area contributed by atoms with Crippen molar-refractivity contribution in [2.24, 2.45) is 0 Å². The van der Waals surface area contributed by atoms with Crippen LogP contribution in [0.25, 0.3) is 0 Å². The topological polar surface area (TPSA) is 102 Å². The molecule has 0 amide bonds. The molecule has 0 bridgehead atoms. The summed E-state index contributed by atoms with van der Waals surface area (Å²) < 4.78 is 42.0. The van der Waals surface area contributed by atoms with E-state index in [1.807, 2.05) is 31.2 Å². The summed E-state index contributed by atoms with van der Waals surface area (Å²) in [5.41, 5.74) is 1.08. The highest BCUT2D eigenvalue weighted by Gasteiger charge is 2.16. The van der Waals surface area contributed by atoms with Crippen LogP contribution in [0.5, 0.6) is 11.5 Å². The molecule has 2 N–H and O–H groups in total. The van der Waals surface area contributed by atoms with Crippen molar-refractivity contribution < 1.29 is 17.9 Å². The van der Waals surface area contributed by atoms with Gasteiger partial charge in [0.25, 0.3) is 0 Å². The second kappa shape index (κ2) is 9.88. The van der Waals surface area contributed by atoms with Gasteiger partial charge in [0.2, 0.25) is 15.2 Å². The highest BCUT2D eigenvalue weighted by atomic mass is 32.2. The quantitative estimate of drug-likeness (QED) is 0.492. The number of rotatable bonds is 10. The average molecular weight is 449 g/mol. The Balaban J connectivity index is 1.52. The smallest absolute Gasteiger partial charge is 0.240 e. The van der Waals surface area contributed by atoms with Crippen LogP contribution in [0.3, 0.4) is 0 Å². The SMILES string of the molecule is COc1ccc(Cc2nsc(NC(C)CNS(=O)(=O)c3ccc(OC)cc3)n2)cc1. The fraction of sp³-hybridized carbons (Fsp3) is 0.300. The second-order valence-electron chi connectivity index (χ2n) is 6.61. The molecule has 2 aromatic carbocycles. The molecule has 10 heteroatoms. The van der Waals surface area contributed by atoms with Gasteiger partial charge in [-0.2, -0.15) is 4.37 Å². The molecule has 0 radical (unpaired) electrons. The fourth-order valence-corrected chi connectivity index (χ4v) is 4.47. The number of nitrogens with zero attached hydrogens (tertiary/aromatic N) is 2. The molecule has 0 spiro atoms. The van der Waals surface area contributed by atoms with Crippen LogP contribution >= 0.6 is 11.5 Å². The van der Waals surface area contributed by atoms with Crippen molar-refractivity contribution >= 4 is 26.7 Å². The third-order valence-electron chi connectivity index (χ3n) is 4.31. The zero-order valence-electron chi connectivity index (χ0n) is 17.0.